The van der Waals surface area contributed by atoms with Gasteiger partial charge in [0.2, 0.25) is 6.79 Å². The average molecular weight is 350 g/mol. The SMILES string of the molecule is CN(C)C(=O)/C(C#N)=C\c1ccc(OCc2ccc3c(c2)OCO3)cc1. The van der Waals surface area contributed by atoms with Crippen molar-refractivity contribution < 1.29 is 19.0 Å². The number of nitrogens with zero attached hydrogens (tertiary/aromatic N) is 2. The fourth-order valence-electron chi connectivity index (χ4n) is 2.41. The van der Waals surface area contributed by atoms with Crippen LogP contribution in [0.2, 0.25) is 0 Å². The fourth-order valence-corrected chi connectivity index (χ4v) is 2.41. The lowest BCUT2D eigenvalue weighted by Crippen LogP contribution is -2.22. The predicted octanol–water partition coefficient (Wildman–Crippen LogP) is 2.99. The Hall–Kier alpha value is -3.46. The molecular weight excluding hydrogens is 332 g/mol. The Bertz CT molecular complexity index is 880. The highest BCUT2D eigenvalue weighted by atomic mass is 16.7. The lowest BCUT2D eigenvalue weighted by molar-refractivity contribution is -0.124. The first-order valence-electron chi connectivity index (χ1n) is 8.01. The zero-order chi connectivity index (χ0) is 18.5. The number of benzene rings is 2. The summed E-state index contributed by atoms with van der Waals surface area (Å²) in [6.07, 6.45) is 1.56. The molecule has 0 unspecified atom stereocenters. The van der Waals surface area contributed by atoms with Gasteiger partial charge in [-0.15, -0.1) is 0 Å². The first-order chi connectivity index (χ1) is 12.6. The number of hydrogen-bond acceptors (Lipinski definition) is 5. The molecule has 0 aliphatic carbocycles. The van der Waals surface area contributed by atoms with Gasteiger partial charge in [-0.3, -0.25) is 4.79 Å². The van der Waals surface area contributed by atoms with E-state index in [4.69, 9.17) is 19.5 Å². The molecule has 132 valence electrons. The van der Waals surface area contributed by atoms with Gasteiger partial charge >= 0.3 is 0 Å². The van der Waals surface area contributed by atoms with Crippen molar-refractivity contribution in [2.24, 2.45) is 0 Å². The first-order valence-corrected chi connectivity index (χ1v) is 8.01. The highest BCUT2D eigenvalue weighted by Crippen LogP contribution is 2.32. The summed E-state index contributed by atoms with van der Waals surface area (Å²) in [6.45, 7) is 0.643. The summed E-state index contributed by atoms with van der Waals surface area (Å²) in [5.41, 5.74) is 1.82. The molecule has 2 aromatic carbocycles. The minimum atomic E-state index is -0.323. The number of carbonyl (C=O) groups excluding carboxylic acids is 1. The lowest BCUT2D eigenvalue weighted by atomic mass is 10.1. The van der Waals surface area contributed by atoms with E-state index in [2.05, 4.69) is 0 Å². The normalized spacial score (nSPS) is 12.4. The van der Waals surface area contributed by atoms with Crippen LogP contribution >= 0.6 is 0 Å². The van der Waals surface area contributed by atoms with E-state index in [1.807, 2.05) is 24.3 Å². The van der Waals surface area contributed by atoms with E-state index in [0.717, 1.165) is 22.6 Å². The molecule has 0 spiro atoms. The van der Waals surface area contributed by atoms with Gasteiger partial charge < -0.3 is 19.1 Å². The number of fused-ring (bicyclic) bond motifs is 1. The smallest absolute Gasteiger partial charge is 0.264 e. The topological polar surface area (TPSA) is 71.8 Å². The van der Waals surface area contributed by atoms with Crippen molar-refractivity contribution in [2.75, 3.05) is 20.9 Å². The molecule has 1 heterocycles. The number of ether oxygens (including phenoxy) is 3. The first kappa shape index (κ1) is 17.4. The number of nitriles is 1. The molecular formula is C20H18N2O4. The summed E-state index contributed by atoms with van der Waals surface area (Å²) in [6, 6.07) is 14.8. The monoisotopic (exact) mass is 350 g/mol. The van der Waals surface area contributed by atoms with Gasteiger partial charge in [0.05, 0.1) is 0 Å². The second kappa shape index (κ2) is 7.62. The standard InChI is InChI=1S/C20H18N2O4/c1-22(2)20(23)16(11-21)9-14-3-6-17(7-4-14)24-12-15-5-8-18-19(10-15)26-13-25-18/h3-10H,12-13H2,1-2H3/b16-9-. The van der Waals surface area contributed by atoms with Crippen molar-refractivity contribution in [1.82, 2.24) is 4.90 Å². The average Bonchev–Trinajstić information content (AvgIpc) is 3.12. The molecule has 0 saturated carbocycles. The van der Waals surface area contributed by atoms with Crippen LogP contribution in [0.5, 0.6) is 17.2 Å². The van der Waals surface area contributed by atoms with Crippen LogP contribution in [0.3, 0.4) is 0 Å². The Balaban J connectivity index is 1.64. The van der Waals surface area contributed by atoms with E-state index in [9.17, 15) is 4.79 Å². The van der Waals surface area contributed by atoms with Crippen LogP contribution in [0, 0.1) is 11.3 Å². The Morgan fingerprint density at radius 3 is 2.62 bits per heavy atom. The molecule has 0 N–H and O–H groups in total. The van der Waals surface area contributed by atoms with Crippen molar-refractivity contribution in [3.8, 4) is 23.3 Å². The second-order valence-corrected chi connectivity index (χ2v) is 5.91. The number of likely N-dealkylation sites (N-methyl/N-ethyl adjacent to an activating group) is 1. The Kier molecular flexibility index (Phi) is 5.09. The molecule has 1 aliphatic rings. The van der Waals surface area contributed by atoms with Crippen molar-refractivity contribution in [3.63, 3.8) is 0 Å². The van der Waals surface area contributed by atoms with E-state index < -0.39 is 0 Å². The molecule has 0 bridgehead atoms. The summed E-state index contributed by atoms with van der Waals surface area (Å²) in [5.74, 6) is 1.83. The molecule has 1 aliphatic heterocycles. The Morgan fingerprint density at radius 1 is 1.19 bits per heavy atom. The number of rotatable bonds is 5. The molecule has 0 atom stereocenters. The molecule has 2 aromatic rings. The predicted molar refractivity (Wildman–Crippen MR) is 95.6 cm³/mol. The second-order valence-electron chi connectivity index (χ2n) is 5.91. The van der Waals surface area contributed by atoms with Crippen LogP contribution in [0.4, 0.5) is 0 Å². The highest BCUT2D eigenvalue weighted by Gasteiger charge is 2.13. The van der Waals surface area contributed by atoms with Crippen LogP contribution in [0.15, 0.2) is 48.0 Å². The van der Waals surface area contributed by atoms with Crippen LogP contribution in [0.1, 0.15) is 11.1 Å². The third kappa shape index (κ3) is 3.95. The minimum Gasteiger partial charge on any atom is -0.489 e. The molecule has 1 amide bonds. The van der Waals surface area contributed by atoms with E-state index in [0.29, 0.717) is 12.4 Å². The Morgan fingerprint density at radius 2 is 1.92 bits per heavy atom. The van der Waals surface area contributed by atoms with Crippen molar-refractivity contribution >= 4 is 12.0 Å². The van der Waals surface area contributed by atoms with E-state index >= 15 is 0 Å². The summed E-state index contributed by atoms with van der Waals surface area (Å²) in [5, 5.41) is 9.13. The molecule has 0 aromatic heterocycles. The molecule has 0 saturated heterocycles. The number of amides is 1. The van der Waals surface area contributed by atoms with Gasteiger partial charge in [-0.2, -0.15) is 5.26 Å². The third-order valence-corrected chi connectivity index (χ3v) is 3.79. The van der Waals surface area contributed by atoms with Gasteiger partial charge in [0.1, 0.15) is 24.0 Å². The molecule has 3 rings (SSSR count). The molecule has 0 fully saturated rings. The molecule has 6 heteroatoms. The van der Waals surface area contributed by atoms with Gasteiger partial charge in [0, 0.05) is 14.1 Å². The summed E-state index contributed by atoms with van der Waals surface area (Å²) in [7, 11) is 3.22. The van der Waals surface area contributed by atoms with Gasteiger partial charge in [0.25, 0.3) is 5.91 Å². The molecule has 0 radical (unpaired) electrons. The van der Waals surface area contributed by atoms with Crippen molar-refractivity contribution in [3.05, 3.63) is 59.2 Å². The summed E-state index contributed by atoms with van der Waals surface area (Å²) < 4.78 is 16.4. The third-order valence-electron chi connectivity index (χ3n) is 3.79. The van der Waals surface area contributed by atoms with Gasteiger partial charge in [-0.25, -0.2) is 0 Å². The van der Waals surface area contributed by atoms with E-state index in [-0.39, 0.29) is 18.3 Å². The minimum absolute atomic E-state index is 0.0871. The van der Waals surface area contributed by atoms with Gasteiger partial charge in [-0.05, 0) is 41.5 Å². The molecule has 6 nitrogen and oxygen atoms in total. The van der Waals surface area contributed by atoms with Crippen molar-refractivity contribution in [2.45, 2.75) is 6.61 Å². The maximum absolute atomic E-state index is 11.9. The van der Waals surface area contributed by atoms with Crippen LogP contribution in [-0.4, -0.2) is 31.7 Å². The highest BCUT2D eigenvalue weighted by molar-refractivity contribution is 6.01. The zero-order valence-electron chi connectivity index (χ0n) is 14.6. The van der Waals surface area contributed by atoms with Crippen LogP contribution in [0.25, 0.3) is 6.08 Å². The number of carbonyl (C=O) groups is 1. The summed E-state index contributed by atoms with van der Waals surface area (Å²) in [4.78, 5) is 13.2. The van der Waals surface area contributed by atoms with E-state index in [1.54, 1.807) is 44.4 Å². The van der Waals surface area contributed by atoms with Crippen LogP contribution in [-0.2, 0) is 11.4 Å². The maximum atomic E-state index is 11.9. The van der Waals surface area contributed by atoms with Crippen LogP contribution < -0.4 is 14.2 Å². The van der Waals surface area contributed by atoms with E-state index in [1.165, 1.54) is 4.90 Å². The quantitative estimate of drug-likeness (QED) is 0.612. The lowest BCUT2D eigenvalue weighted by Gasteiger charge is -2.09. The van der Waals surface area contributed by atoms with Crippen molar-refractivity contribution in [1.29, 1.82) is 5.26 Å². The Labute approximate surface area is 151 Å². The van der Waals surface area contributed by atoms with Gasteiger partial charge in [0.15, 0.2) is 11.5 Å². The molecule has 26 heavy (non-hydrogen) atoms. The summed E-state index contributed by atoms with van der Waals surface area (Å²) >= 11 is 0. The fraction of sp³-hybridized carbons (Fsp3) is 0.200. The largest absolute Gasteiger partial charge is 0.489 e. The zero-order valence-corrected chi connectivity index (χ0v) is 14.6. The van der Waals surface area contributed by atoms with Gasteiger partial charge in [-0.1, -0.05) is 18.2 Å². The number of hydrogen-bond donors (Lipinski definition) is 0. The maximum Gasteiger partial charge on any atom is 0.264 e.